The van der Waals surface area contributed by atoms with Crippen LogP contribution in [-0.2, 0) is 14.3 Å². The summed E-state index contributed by atoms with van der Waals surface area (Å²) >= 11 is 0. The van der Waals surface area contributed by atoms with Crippen molar-refractivity contribution in [3.05, 3.63) is 0 Å². The van der Waals surface area contributed by atoms with Crippen molar-refractivity contribution in [1.82, 2.24) is 0 Å². The number of hydrogen-bond acceptors (Lipinski definition) is 3. The van der Waals surface area contributed by atoms with Gasteiger partial charge in [0.25, 0.3) is 0 Å². The lowest BCUT2D eigenvalue weighted by atomic mass is 10.2. The third-order valence-corrected chi connectivity index (χ3v) is 1.97. The van der Waals surface area contributed by atoms with Gasteiger partial charge in [0.05, 0.1) is 0 Å². The molecule has 0 amide bonds. The highest BCUT2D eigenvalue weighted by Gasteiger charge is 2.81. The van der Waals surface area contributed by atoms with Crippen molar-refractivity contribution >= 4 is 5.97 Å². The van der Waals surface area contributed by atoms with Gasteiger partial charge in [0, 0.05) is 6.92 Å². The van der Waals surface area contributed by atoms with Crippen LogP contribution < -0.4 is 0 Å². The number of carboxylic acids is 1. The highest BCUT2D eigenvalue weighted by Crippen LogP contribution is 2.52. The Morgan fingerprint density at radius 3 is 1.33 bits per heavy atom. The normalized spacial score (nSPS) is 19.5. The third kappa shape index (κ3) is 4.14. The summed E-state index contributed by atoms with van der Waals surface area (Å²) in [4.78, 5) is 10.1. The van der Waals surface area contributed by atoms with Gasteiger partial charge in [-0.3, -0.25) is 9.47 Å². The fourth-order valence-corrected chi connectivity index (χ4v) is 0.994. The fourth-order valence-electron chi connectivity index (χ4n) is 0.994. The van der Waals surface area contributed by atoms with Crippen molar-refractivity contribution in [2.75, 3.05) is 0 Å². The molecular formula is C8H4F12O4. The molecule has 0 bridgehead atoms. The highest BCUT2D eigenvalue weighted by atomic mass is 19.4. The van der Waals surface area contributed by atoms with Crippen molar-refractivity contribution in [2.24, 2.45) is 0 Å². The van der Waals surface area contributed by atoms with E-state index in [1.165, 1.54) is 0 Å². The van der Waals surface area contributed by atoms with Crippen LogP contribution >= 0.6 is 0 Å². The Balaban J connectivity index is 6.18. The Kier molecular flexibility index (Phi) is 5.47. The summed E-state index contributed by atoms with van der Waals surface area (Å²) in [5.74, 6) is -17.6. The van der Waals surface area contributed by atoms with E-state index in [4.69, 9.17) is 5.11 Å². The van der Waals surface area contributed by atoms with Crippen LogP contribution in [0, 0.1) is 0 Å². The van der Waals surface area contributed by atoms with Gasteiger partial charge in [-0.05, 0) is 0 Å². The number of carbonyl (C=O) groups is 1. The molecule has 0 aliphatic rings. The maximum atomic E-state index is 13.3. The lowest BCUT2D eigenvalue weighted by Gasteiger charge is -2.37. The summed E-state index contributed by atoms with van der Waals surface area (Å²) in [7, 11) is 0. The molecule has 2 unspecified atom stereocenters. The molecule has 0 aromatic heterocycles. The van der Waals surface area contributed by atoms with Crippen LogP contribution in [-0.4, -0.2) is 47.4 Å². The molecule has 0 radical (unpaired) electrons. The minimum atomic E-state index is -7.20. The van der Waals surface area contributed by atoms with Gasteiger partial charge in [0.1, 0.15) is 0 Å². The first-order chi connectivity index (χ1) is 10.1. The van der Waals surface area contributed by atoms with Crippen molar-refractivity contribution in [2.45, 2.75) is 43.2 Å². The molecule has 4 nitrogen and oxygen atoms in total. The summed E-state index contributed by atoms with van der Waals surface area (Å²) < 4.78 is 154. The largest absolute Gasteiger partial charge is 0.477 e. The second-order valence-electron chi connectivity index (χ2n) is 4.02. The molecule has 0 heterocycles. The second kappa shape index (κ2) is 5.82. The van der Waals surface area contributed by atoms with E-state index in [1.54, 1.807) is 0 Å². The topological polar surface area (TPSA) is 55.8 Å². The second-order valence-corrected chi connectivity index (χ2v) is 4.02. The first-order valence-electron chi connectivity index (χ1n) is 5.01. The van der Waals surface area contributed by atoms with Gasteiger partial charge in [0.2, 0.25) is 0 Å². The summed E-state index contributed by atoms with van der Waals surface area (Å²) in [6.07, 6.45) is -26.7. The van der Waals surface area contributed by atoms with Gasteiger partial charge in [0.15, 0.2) is 0 Å². The lowest BCUT2D eigenvalue weighted by Crippen LogP contribution is -2.65. The van der Waals surface area contributed by atoms with Crippen molar-refractivity contribution in [1.29, 1.82) is 0 Å². The Morgan fingerprint density at radius 2 is 1.12 bits per heavy atom. The summed E-state index contributed by atoms with van der Waals surface area (Å²) in [6.45, 7) is -0.715. The molecule has 16 heteroatoms. The SMILES string of the molecule is CC(F)(F)OC(F)(C(F)(F)F)C(F)(F)OC(F)(C(=O)O)C(F)(F)F. The predicted octanol–water partition coefficient (Wildman–Crippen LogP) is 3.77. The maximum absolute atomic E-state index is 13.3. The van der Waals surface area contributed by atoms with Gasteiger partial charge in [-0.1, -0.05) is 0 Å². The minimum Gasteiger partial charge on any atom is -0.477 e. The zero-order valence-corrected chi connectivity index (χ0v) is 10.7. The highest BCUT2D eigenvalue weighted by molar-refractivity contribution is 5.76. The molecule has 0 saturated carbocycles. The molecule has 24 heavy (non-hydrogen) atoms. The van der Waals surface area contributed by atoms with Gasteiger partial charge in [-0.2, -0.15) is 52.7 Å². The minimum absolute atomic E-state index is 0.715. The number of halogens is 12. The van der Waals surface area contributed by atoms with E-state index >= 15 is 0 Å². The quantitative estimate of drug-likeness (QED) is 0.700. The predicted molar refractivity (Wildman–Crippen MR) is 45.2 cm³/mol. The summed E-state index contributed by atoms with van der Waals surface area (Å²) in [5.41, 5.74) is 0. The monoisotopic (exact) mass is 392 g/mol. The molecule has 1 N–H and O–H groups in total. The van der Waals surface area contributed by atoms with E-state index in [0.29, 0.717) is 0 Å². The zero-order valence-electron chi connectivity index (χ0n) is 10.7. The van der Waals surface area contributed by atoms with Crippen LogP contribution in [0.4, 0.5) is 52.7 Å². The van der Waals surface area contributed by atoms with Crippen LogP contribution in [0.5, 0.6) is 0 Å². The van der Waals surface area contributed by atoms with Crippen molar-refractivity contribution < 1.29 is 72.1 Å². The average Bonchev–Trinajstić information content (AvgIpc) is 2.21. The van der Waals surface area contributed by atoms with Crippen LogP contribution in [0.25, 0.3) is 0 Å². The number of hydrogen-bond donors (Lipinski definition) is 1. The molecule has 0 rings (SSSR count). The maximum Gasteiger partial charge on any atom is 0.460 e. The number of carboxylic acid groups (broad SMARTS) is 1. The molecule has 2 atom stereocenters. The number of aliphatic carboxylic acids is 1. The molecule has 0 fully saturated rings. The van der Waals surface area contributed by atoms with Crippen molar-refractivity contribution in [3.8, 4) is 0 Å². The molecule has 144 valence electrons. The molecule has 0 aromatic rings. The Bertz CT molecular complexity index is 479. The van der Waals surface area contributed by atoms with E-state index in [9.17, 15) is 57.5 Å². The Hall–Kier alpha value is -1.45. The lowest BCUT2D eigenvalue weighted by molar-refractivity contribution is -0.523. The van der Waals surface area contributed by atoms with E-state index in [-0.39, 0.29) is 0 Å². The van der Waals surface area contributed by atoms with Gasteiger partial charge < -0.3 is 5.11 Å². The van der Waals surface area contributed by atoms with E-state index < -0.39 is 49.2 Å². The van der Waals surface area contributed by atoms with Gasteiger partial charge in [-0.25, -0.2) is 4.79 Å². The van der Waals surface area contributed by atoms with Crippen LogP contribution in [0.3, 0.4) is 0 Å². The van der Waals surface area contributed by atoms with Crippen LogP contribution in [0.15, 0.2) is 0 Å². The molecule has 0 spiro atoms. The van der Waals surface area contributed by atoms with Crippen LogP contribution in [0.2, 0.25) is 0 Å². The Morgan fingerprint density at radius 1 is 0.750 bits per heavy atom. The van der Waals surface area contributed by atoms with E-state index in [1.807, 2.05) is 4.74 Å². The number of alkyl halides is 12. The van der Waals surface area contributed by atoms with Gasteiger partial charge in [-0.15, -0.1) is 0 Å². The van der Waals surface area contributed by atoms with Crippen LogP contribution in [0.1, 0.15) is 6.92 Å². The average molecular weight is 392 g/mol. The molecular weight excluding hydrogens is 388 g/mol. The molecule has 0 aromatic carbocycles. The first kappa shape index (κ1) is 22.6. The van der Waals surface area contributed by atoms with Gasteiger partial charge >= 0.3 is 42.2 Å². The fraction of sp³-hybridized carbons (Fsp3) is 0.875. The number of rotatable bonds is 6. The molecule has 0 aliphatic heterocycles. The molecule has 0 aliphatic carbocycles. The number of ether oxygens (including phenoxy) is 2. The third-order valence-electron chi connectivity index (χ3n) is 1.97. The summed E-state index contributed by atoms with van der Waals surface area (Å²) in [6, 6.07) is 0. The summed E-state index contributed by atoms with van der Waals surface area (Å²) in [5, 5.41) is 7.89. The Labute approximate surface area is 122 Å². The standard InChI is InChI=1S/C8H4F12O4/c1-3(9,10)23-5(12,7(16,17)18)8(19,20)24-4(11,2(21)22)6(13,14)15/h1H3,(H,21,22). The first-order valence-corrected chi connectivity index (χ1v) is 5.01. The van der Waals surface area contributed by atoms with E-state index in [0.717, 1.165) is 0 Å². The van der Waals surface area contributed by atoms with E-state index in [2.05, 4.69) is 4.74 Å². The van der Waals surface area contributed by atoms with Crippen molar-refractivity contribution in [3.63, 3.8) is 0 Å². The smallest absolute Gasteiger partial charge is 0.460 e. The zero-order chi connectivity index (χ0) is 20.0. The molecule has 0 saturated heterocycles.